The first-order valence-electron chi connectivity index (χ1n) is 6.33. The number of hydrogen-bond donors (Lipinski definition) is 1. The fraction of sp³-hybridized carbons (Fsp3) is 0.615. The van der Waals surface area contributed by atoms with Gasteiger partial charge in [-0.25, -0.2) is 9.97 Å². The lowest BCUT2D eigenvalue weighted by molar-refractivity contribution is -0.136. The smallest absolute Gasteiger partial charge is 0.303 e. The van der Waals surface area contributed by atoms with Gasteiger partial charge in [0.1, 0.15) is 6.10 Å². The van der Waals surface area contributed by atoms with E-state index in [9.17, 15) is 4.79 Å². The fourth-order valence-corrected chi connectivity index (χ4v) is 2.98. The first kappa shape index (κ1) is 14.3. The van der Waals surface area contributed by atoms with Gasteiger partial charge >= 0.3 is 5.97 Å². The topological polar surface area (TPSA) is 72.3 Å². The van der Waals surface area contributed by atoms with Crippen LogP contribution in [-0.4, -0.2) is 39.2 Å². The first-order chi connectivity index (χ1) is 9.08. The zero-order valence-corrected chi connectivity index (χ0v) is 12.0. The second-order valence-corrected chi connectivity index (χ2v) is 5.71. The highest BCUT2D eigenvalue weighted by molar-refractivity contribution is 7.99. The molecule has 1 aliphatic rings. The molecule has 0 amide bonds. The van der Waals surface area contributed by atoms with Crippen molar-refractivity contribution in [2.45, 2.75) is 32.8 Å². The Bertz CT molecular complexity index is 450. The highest BCUT2D eigenvalue weighted by Crippen LogP contribution is 2.25. The molecule has 1 aromatic heterocycles. The van der Waals surface area contributed by atoms with Crippen LogP contribution >= 0.6 is 11.8 Å². The summed E-state index contributed by atoms with van der Waals surface area (Å²) < 4.78 is 5.67. The van der Waals surface area contributed by atoms with Crippen molar-refractivity contribution < 1.29 is 14.6 Å². The average Bonchev–Trinajstić information content (AvgIpc) is 2.38. The van der Waals surface area contributed by atoms with Crippen LogP contribution in [0.4, 0.5) is 0 Å². The van der Waals surface area contributed by atoms with E-state index in [0.717, 1.165) is 40.9 Å². The van der Waals surface area contributed by atoms with E-state index in [1.165, 1.54) is 0 Å². The lowest BCUT2D eigenvalue weighted by atomic mass is 10.1. The lowest BCUT2D eigenvalue weighted by Gasteiger charge is -2.22. The average molecular weight is 282 g/mol. The van der Waals surface area contributed by atoms with Gasteiger partial charge in [0.05, 0.1) is 6.61 Å². The van der Waals surface area contributed by atoms with Gasteiger partial charge < -0.3 is 9.84 Å². The molecule has 1 unspecified atom stereocenters. The monoisotopic (exact) mass is 282 g/mol. The number of thioether (sulfide) groups is 1. The summed E-state index contributed by atoms with van der Waals surface area (Å²) in [5.41, 5.74) is 2.67. The minimum Gasteiger partial charge on any atom is -0.481 e. The highest BCUT2D eigenvalue weighted by atomic mass is 32.2. The van der Waals surface area contributed by atoms with Gasteiger partial charge in [-0.2, -0.15) is 11.8 Å². The number of aryl methyl sites for hydroxylation is 2. The third kappa shape index (κ3) is 3.67. The number of rotatable bonds is 4. The maximum atomic E-state index is 10.6. The Morgan fingerprint density at radius 2 is 2.11 bits per heavy atom. The molecule has 6 heteroatoms. The summed E-state index contributed by atoms with van der Waals surface area (Å²) in [5, 5.41) is 8.75. The molecule has 1 aromatic rings. The largest absolute Gasteiger partial charge is 0.481 e. The molecule has 0 aliphatic carbocycles. The molecule has 1 fully saturated rings. The summed E-state index contributed by atoms with van der Waals surface area (Å²) in [6.45, 7) is 4.55. The molecule has 0 bridgehead atoms. The van der Waals surface area contributed by atoms with Crippen molar-refractivity contribution in [3.05, 3.63) is 22.8 Å². The summed E-state index contributed by atoms with van der Waals surface area (Å²) in [4.78, 5) is 19.6. The van der Waals surface area contributed by atoms with Gasteiger partial charge in [0.25, 0.3) is 0 Å². The second-order valence-electron chi connectivity index (χ2n) is 4.56. The van der Waals surface area contributed by atoms with Crippen LogP contribution in [0.5, 0.6) is 0 Å². The highest BCUT2D eigenvalue weighted by Gasteiger charge is 2.21. The molecule has 1 N–H and O–H groups in total. The summed E-state index contributed by atoms with van der Waals surface area (Å²) in [5.74, 6) is 1.83. The maximum absolute atomic E-state index is 10.6. The van der Waals surface area contributed by atoms with E-state index >= 15 is 0 Å². The number of hydrogen-bond acceptors (Lipinski definition) is 5. The predicted molar refractivity (Wildman–Crippen MR) is 73.5 cm³/mol. The van der Waals surface area contributed by atoms with Gasteiger partial charge in [0, 0.05) is 29.3 Å². The van der Waals surface area contributed by atoms with Gasteiger partial charge in [-0.05, 0) is 25.8 Å². The number of carboxylic acids is 1. The van der Waals surface area contributed by atoms with Crippen molar-refractivity contribution in [2.75, 3.05) is 18.1 Å². The predicted octanol–water partition coefficient (Wildman–Crippen LogP) is 1.92. The van der Waals surface area contributed by atoms with E-state index in [1.807, 2.05) is 25.6 Å². The van der Waals surface area contributed by atoms with Crippen LogP contribution in [0.3, 0.4) is 0 Å². The van der Waals surface area contributed by atoms with Crippen LogP contribution in [0.2, 0.25) is 0 Å². The Balaban J connectivity index is 2.18. The molecule has 2 rings (SSSR count). The molecule has 0 aromatic carbocycles. The SMILES string of the molecule is Cc1nc(C2CSCCO2)nc(C)c1CCC(=O)O. The standard InChI is InChI=1S/C13H18N2O3S/c1-8-10(3-4-12(16)17)9(2)15-13(14-8)11-7-19-6-5-18-11/h11H,3-7H2,1-2H3,(H,16,17). The number of nitrogens with zero attached hydrogens (tertiary/aromatic N) is 2. The zero-order chi connectivity index (χ0) is 13.8. The third-order valence-electron chi connectivity index (χ3n) is 3.13. The van der Waals surface area contributed by atoms with E-state index in [2.05, 4.69) is 9.97 Å². The summed E-state index contributed by atoms with van der Waals surface area (Å²) in [7, 11) is 0. The Morgan fingerprint density at radius 3 is 2.63 bits per heavy atom. The van der Waals surface area contributed by atoms with Crippen molar-refractivity contribution in [2.24, 2.45) is 0 Å². The normalized spacial score (nSPS) is 19.4. The molecular formula is C13H18N2O3S. The van der Waals surface area contributed by atoms with E-state index in [-0.39, 0.29) is 12.5 Å². The molecule has 2 heterocycles. The van der Waals surface area contributed by atoms with Crippen molar-refractivity contribution in [1.29, 1.82) is 0 Å². The molecule has 1 aliphatic heterocycles. The van der Waals surface area contributed by atoms with Crippen molar-refractivity contribution >= 4 is 17.7 Å². The zero-order valence-electron chi connectivity index (χ0n) is 11.2. The van der Waals surface area contributed by atoms with Crippen LogP contribution < -0.4 is 0 Å². The summed E-state index contributed by atoms with van der Waals surface area (Å²) in [6, 6.07) is 0. The Morgan fingerprint density at radius 1 is 1.42 bits per heavy atom. The molecular weight excluding hydrogens is 264 g/mol. The van der Waals surface area contributed by atoms with Crippen LogP contribution in [0.25, 0.3) is 0 Å². The van der Waals surface area contributed by atoms with Gasteiger partial charge in [-0.3, -0.25) is 4.79 Å². The Hall–Kier alpha value is -1.14. The van der Waals surface area contributed by atoms with Gasteiger partial charge in [-0.1, -0.05) is 0 Å². The number of aliphatic carboxylic acids is 1. The van der Waals surface area contributed by atoms with E-state index in [4.69, 9.17) is 9.84 Å². The summed E-state index contributed by atoms with van der Waals surface area (Å²) in [6.07, 6.45) is 0.554. The van der Waals surface area contributed by atoms with Crippen LogP contribution in [0.15, 0.2) is 0 Å². The minimum absolute atomic E-state index is 0.0373. The molecule has 104 valence electrons. The van der Waals surface area contributed by atoms with Crippen LogP contribution in [0, 0.1) is 13.8 Å². The number of aromatic nitrogens is 2. The van der Waals surface area contributed by atoms with E-state index in [0.29, 0.717) is 6.42 Å². The van der Waals surface area contributed by atoms with E-state index < -0.39 is 5.97 Å². The number of ether oxygens (including phenoxy) is 1. The van der Waals surface area contributed by atoms with Crippen molar-refractivity contribution in [1.82, 2.24) is 9.97 Å². The lowest BCUT2D eigenvalue weighted by Crippen LogP contribution is -2.19. The number of carboxylic acid groups (broad SMARTS) is 1. The molecule has 0 spiro atoms. The van der Waals surface area contributed by atoms with Crippen molar-refractivity contribution in [3.63, 3.8) is 0 Å². The van der Waals surface area contributed by atoms with Gasteiger partial charge in [-0.15, -0.1) is 0 Å². The summed E-state index contributed by atoms with van der Waals surface area (Å²) >= 11 is 1.85. The van der Waals surface area contributed by atoms with Gasteiger partial charge in [0.15, 0.2) is 5.82 Å². The first-order valence-corrected chi connectivity index (χ1v) is 7.48. The quantitative estimate of drug-likeness (QED) is 0.909. The third-order valence-corrected chi connectivity index (χ3v) is 4.12. The minimum atomic E-state index is -0.796. The molecule has 1 atom stereocenters. The molecule has 5 nitrogen and oxygen atoms in total. The van der Waals surface area contributed by atoms with Crippen LogP contribution in [-0.2, 0) is 16.0 Å². The van der Waals surface area contributed by atoms with Crippen LogP contribution in [0.1, 0.15) is 35.3 Å². The second kappa shape index (κ2) is 6.34. The fourth-order valence-electron chi connectivity index (χ4n) is 2.14. The van der Waals surface area contributed by atoms with E-state index in [1.54, 1.807) is 0 Å². The molecule has 1 saturated heterocycles. The molecule has 19 heavy (non-hydrogen) atoms. The molecule has 0 radical (unpaired) electrons. The Kier molecular flexibility index (Phi) is 4.76. The van der Waals surface area contributed by atoms with Gasteiger partial charge in [0.2, 0.25) is 0 Å². The Labute approximate surface area is 116 Å². The number of carbonyl (C=O) groups is 1. The molecule has 0 saturated carbocycles. The van der Waals surface area contributed by atoms with Crippen molar-refractivity contribution in [3.8, 4) is 0 Å². The maximum Gasteiger partial charge on any atom is 0.303 e.